The van der Waals surface area contributed by atoms with Crippen molar-refractivity contribution in [1.29, 1.82) is 0 Å². The number of rotatable bonds is 3. The molecule has 1 fully saturated rings. The summed E-state index contributed by atoms with van der Waals surface area (Å²) >= 11 is 0. The van der Waals surface area contributed by atoms with Gasteiger partial charge in [0.15, 0.2) is 0 Å². The van der Waals surface area contributed by atoms with Crippen LogP contribution >= 0.6 is 0 Å². The van der Waals surface area contributed by atoms with Gasteiger partial charge >= 0.3 is 0 Å². The van der Waals surface area contributed by atoms with Gasteiger partial charge in [-0.3, -0.25) is 4.79 Å². The van der Waals surface area contributed by atoms with E-state index in [0.29, 0.717) is 6.04 Å². The van der Waals surface area contributed by atoms with Crippen LogP contribution < -0.4 is 0 Å². The van der Waals surface area contributed by atoms with E-state index in [0.717, 1.165) is 18.4 Å². The molecule has 0 N–H and O–H groups in total. The molecule has 2 heteroatoms. The molecular formula is C17H23NO. The van der Waals surface area contributed by atoms with Crippen LogP contribution in [-0.4, -0.2) is 23.9 Å². The third-order valence-corrected chi connectivity index (χ3v) is 3.94. The number of likely N-dealkylation sites (N-methyl/N-ethyl adjacent to an activating group) is 1. The van der Waals surface area contributed by atoms with Crippen molar-refractivity contribution in [1.82, 2.24) is 4.90 Å². The van der Waals surface area contributed by atoms with Gasteiger partial charge in [-0.15, -0.1) is 0 Å². The summed E-state index contributed by atoms with van der Waals surface area (Å²) in [6.07, 6.45) is 11.0. The Kier molecular flexibility index (Phi) is 5.20. The van der Waals surface area contributed by atoms with Gasteiger partial charge in [-0.05, 0) is 24.5 Å². The van der Waals surface area contributed by atoms with Crippen LogP contribution in [0.4, 0.5) is 0 Å². The second kappa shape index (κ2) is 7.13. The Labute approximate surface area is 116 Å². The van der Waals surface area contributed by atoms with Crippen molar-refractivity contribution in [2.75, 3.05) is 7.05 Å². The molecule has 0 saturated heterocycles. The van der Waals surface area contributed by atoms with E-state index >= 15 is 0 Å². The molecule has 1 aliphatic carbocycles. The van der Waals surface area contributed by atoms with Crippen molar-refractivity contribution in [2.45, 2.75) is 44.6 Å². The summed E-state index contributed by atoms with van der Waals surface area (Å²) in [5.41, 5.74) is 1.07. The zero-order chi connectivity index (χ0) is 13.5. The summed E-state index contributed by atoms with van der Waals surface area (Å²) in [5, 5.41) is 0. The Hall–Kier alpha value is -1.57. The second-order valence-electron chi connectivity index (χ2n) is 5.34. The summed E-state index contributed by atoms with van der Waals surface area (Å²) in [6.45, 7) is 0. The van der Waals surface area contributed by atoms with E-state index in [2.05, 4.69) is 0 Å². The fourth-order valence-electron chi connectivity index (χ4n) is 2.67. The van der Waals surface area contributed by atoms with E-state index < -0.39 is 0 Å². The monoisotopic (exact) mass is 257 g/mol. The largest absolute Gasteiger partial charge is 0.339 e. The summed E-state index contributed by atoms with van der Waals surface area (Å²) < 4.78 is 0. The number of amides is 1. The molecule has 0 unspecified atom stereocenters. The number of nitrogens with zero attached hydrogens (tertiary/aromatic N) is 1. The Morgan fingerprint density at radius 3 is 2.37 bits per heavy atom. The molecule has 2 nitrogen and oxygen atoms in total. The molecule has 0 atom stereocenters. The number of hydrogen-bond donors (Lipinski definition) is 0. The zero-order valence-corrected chi connectivity index (χ0v) is 11.7. The number of carbonyl (C=O) groups excluding carboxylic acids is 1. The third kappa shape index (κ3) is 4.23. The maximum absolute atomic E-state index is 12.2. The minimum Gasteiger partial charge on any atom is -0.339 e. The molecule has 1 saturated carbocycles. The van der Waals surface area contributed by atoms with Crippen LogP contribution in [0.3, 0.4) is 0 Å². The lowest BCUT2D eigenvalue weighted by atomic mass is 10.1. The zero-order valence-electron chi connectivity index (χ0n) is 11.7. The Balaban J connectivity index is 1.93. The van der Waals surface area contributed by atoms with Crippen LogP contribution in [0.15, 0.2) is 36.4 Å². The maximum atomic E-state index is 12.2. The number of benzene rings is 1. The Bertz CT molecular complexity index is 416. The normalized spacial score (nSPS) is 17.3. The standard InChI is InChI=1S/C17H23NO/c1-18(16-11-7-2-3-8-12-16)17(19)14-13-15-9-5-4-6-10-15/h4-6,9-10,13-14,16H,2-3,7-8,11-12H2,1H3/b14-13+. The molecule has 19 heavy (non-hydrogen) atoms. The highest BCUT2D eigenvalue weighted by atomic mass is 16.2. The van der Waals surface area contributed by atoms with Gasteiger partial charge in [0.2, 0.25) is 5.91 Å². The van der Waals surface area contributed by atoms with Gasteiger partial charge in [-0.2, -0.15) is 0 Å². The molecule has 2 rings (SSSR count). The molecule has 0 spiro atoms. The fraction of sp³-hybridized carbons (Fsp3) is 0.471. The third-order valence-electron chi connectivity index (χ3n) is 3.94. The molecule has 0 radical (unpaired) electrons. The average molecular weight is 257 g/mol. The predicted molar refractivity (Wildman–Crippen MR) is 79.7 cm³/mol. The van der Waals surface area contributed by atoms with Crippen molar-refractivity contribution >= 4 is 12.0 Å². The van der Waals surface area contributed by atoms with Crippen LogP contribution in [-0.2, 0) is 4.79 Å². The van der Waals surface area contributed by atoms with Gasteiger partial charge in [0.1, 0.15) is 0 Å². The number of carbonyl (C=O) groups is 1. The SMILES string of the molecule is CN(C(=O)/C=C/c1ccccc1)C1CCCCCC1. The van der Waals surface area contributed by atoms with Crippen LogP contribution in [0.25, 0.3) is 6.08 Å². The average Bonchev–Trinajstić information content (AvgIpc) is 2.74. The van der Waals surface area contributed by atoms with Crippen LogP contribution in [0.2, 0.25) is 0 Å². The van der Waals surface area contributed by atoms with Gasteiger partial charge < -0.3 is 4.90 Å². The first-order chi connectivity index (χ1) is 9.27. The van der Waals surface area contributed by atoms with Crippen LogP contribution in [0.5, 0.6) is 0 Å². The topological polar surface area (TPSA) is 20.3 Å². The molecule has 0 aliphatic heterocycles. The summed E-state index contributed by atoms with van der Waals surface area (Å²) in [4.78, 5) is 14.1. The summed E-state index contributed by atoms with van der Waals surface area (Å²) in [6, 6.07) is 10.4. The van der Waals surface area contributed by atoms with Gasteiger partial charge in [-0.25, -0.2) is 0 Å². The van der Waals surface area contributed by atoms with E-state index in [1.54, 1.807) is 6.08 Å². The molecule has 0 aromatic heterocycles. The highest BCUT2D eigenvalue weighted by Crippen LogP contribution is 2.21. The maximum Gasteiger partial charge on any atom is 0.246 e. The molecule has 1 aromatic rings. The van der Waals surface area contributed by atoms with Crippen molar-refractivity contribution in [2.24, 2.45) is 0 Å². The van der Waals surface area contributed by atoms with Gasteiger partial charge in [0.25, 0.3) is 0 Å². The summed E-state index contributed by atoms with van der Waals surface area (Å²) in [7, 11) is 1.94. The predicted octanol–water partition coefficient (Wildman–Crippen LogP) is 3.88. The quantitative estimate of drug-likeness (QED) is 0.594. The van der Waals surface area contributed by atoms with E-state index in [9.17, 15) is 4.79 Å². The van der Waals surface area contributed by atoms with Gasteiger partial charge in [0, 0.05) is 19.2 Å². The molecule has 0 heterocycles. The molecule has 1 amide bonds. The highest BCUT2D eigenvalue weighted by Gasteiger charge is 2.19. The van der Waals surface area contributed by atoms with Crippen LogP contribution in [0.1, 0.15) is 44.1 Å². The van der Waals surface area contributed by atoms with E-state index in [1.165, 1.54) is 25.7 Å². The highest BCUT2D eigenvalue weighted by molar-refractivity contribution is 5.91. The lowest BCUT2D eigenvalue weighted by Gasteiger charge is -2.26. The first-order valence-corrected chi connectivity index (χ1v) is 7.27. The Morgan fingerprint density at radius 1 is 1.11 bits per heavy atom. The molecule has 1 aromatic carbocycles. The number of hydrogen-bond acceptors (Lipinski definition) is 1. The lowest BCUT2D eigenvalue weighted by Crippen LogP contribution is -2.35. The lowest BCUT2D eigenvalue weighted by molar-refractivity contribution is -0.126. The van der Waals surface area contributed by atoms with Crippen molar-refractivity contribution in [3.63, 3.8) is 0 Å². The van der Waals surface area contributed by atoms with E-state index in [4.69, 9.17) is 0 Å². The van der Waals surface area contributed by atoms with Crippen molar-refractivity contribution < 1.29 is 4.79 Å². The minimum atomic E-state index is 0.121. The van der Waals surface area contributed by atoms with Crippen molar-refractivity contribution in [3.05, 3.63) is 42.0 Å². The second-order valence-corrected chi connectivity index (χ2v) is 5.34. The molecule has 1 aliphatic rings. The van der Waals surface area contributed by atoms with Crippen LogP contribution in [0, 0.1) is 0 Å². The fourth-order valence-corrected chi connectivity index (χ4v) is 2.67. The molecule has 0 bridgehead atoms. The van der Waals surface area contributed by atoms with Crippen molar-refractivity contribution in [3.8, 4) is 0 Å². The van der Waals surface area contributed by atoms with E-state index in [-0.39, 0.29) is 5.91 Å². The minimum absolute atomic E-state index is 0.121. The van der Waals surface area contributed by atoms with Gasteiger partial charge in [0.05, 0.1) is 0 Å². The smallest absolute Gasteiger partial charge is 0.246 e. The first kappa shape index (κ1) is 13.9. The first-order valence-electron chi connectivity index (χ1n) is 7.27. The molecular weight excluding hydrogens is 234 g/mol. The van der Waals surface area contributed by atoms with Gasteiger partial charge in [-0.1, -0.05) is 56.0 Å². The summed E-state index contributed by atoms with van der Waals surface area (Å²) in [5.74, 6) is 0.121. The van der Waals surface area contributed by atoms with E-state index in [1.807, 2.05) is 48.4 Å². The Morgan fingerprint density at radius 2 is 1.74 bits per heavy atom. The molecule has 102 valence electrons.